The lowest BCUT2D eigenvalue weighted by Gasteiger charge is -2.24. The van der Waals surface area contributed by atoms with Gasteiger partial charge in [-0.15, -0.1) is 5.10 Å². The van der Waals surface area contributed by atoms with Crippen LogP contribution < -0.4 is 10.5 Å². The monoisotopic (exact) mass is 342 g/mol. The highest BCUT2D eigenvalue weighted by Gasteiger charge is 2.35. The van der Waals surface area contributed by atoms with Crippen LogP contribution in [0.1, 0.15) is 33.9 Å². The van der Waals surface area contributed by atoms with Crippen molar-refractivity contribution in [3.8, 4) is 11.9 Å². The van der Waals surface area contributed by atoms with E-state index in [9.17, 15) is 5.26 Å². The first-order valence-corrected chi connectivity index (χ1v) is 8.42. The minimum absolute atomic E-state index is 0.114. The van der Waals surface area contributed by atoms with E-state index in [-0.39, 0.29) is 11.8 Å². The largest absolute Gasteiger partial charge is 0.420 e. The van der Waals surface area contributed by atoms with Crippen molar-refractivity contribution in [1.82, 2.24) is 10.2 Å². The molecule has 1 unspecified atom stereocenters. The number of nitrogens with one attached hydrogen (secondary N) is 1. The molecule has 0 radical (unpaired) electrons. The summed E-state index contributed by atoms with van der Waals surface area (Å²) in [6, 6.07) is 20.5. The van der Waals surface area contributed by atoms with Gasteiger partial charge in [-0.2, -0.15) is 5.26 Å². The molecule has 128 valence electrons. The van der Waals surface area contributed by atoms with Crippen molar-refractivity contribution in [2.45, 2.75) is 19.3 Å². The molecule has 3 aromatic rings. The Hall–Kier alpha value is -3.52. The summed E-state index contributed by atoms with van der Waals surface area (Å²) < 4.78 is 5.62. The van der Waals surface area contributed by atoms with Crippen molar-refractivity contribution in [2.24, 2.45) is 5.73 Å². The topological polar surface area (TPSA) is 87.7 Å². The minimum atomic E-state index is -0.290. The molecule has 0 saturated heterocycles. The summed E-state index contributed by atoms with van der Waals surface area (Å²) in [5.41, 5.74) is 11.5. The fourth-order valence-corrected chi connectivity index (χ4v) is 3.34. The molecule has 0 spiro atoms. The molecule has 0 fully saturated rings. The number of allylic oxidation sites excluding steroid dienone is 1. The number of aryl methyl sites for hydroxylation is 1. The van der Waals surface area contributed by atoms with E-state index in [1.807, 2.05) is 49.4 Å². The molecule has 0 amide bonds. The van der Waals surface area contributed by atoms with E-state index in [0.717, 1.165) is 27.9 Å². The predicted molar refractivity (Wildman–Crippen MR) is 98.3 cm³/mol. The van der Waals surface area contributed by atoms with Crippen molar-refractivity contribution in [3.63, 3.8) is 0 Å². The lowest BCUT2D eigenvalue weighted by Crippen LogP contribution is -2.21. The van der Waals surface area contributed by atoms with Gasteiger partial charge in [-0.1, -0.05) is 60.2 Å². The first-order valence-electron chi connectivity index (χ1n) is 8.42. The molecular weight excluding hydrogens is 324 g/mol. The number of nitrogens with two attached hydrogens (primary N) is 1. The summed E-state index contributed by atoms with van der Waals surface area (Å²) in [4.78, 5) is 0. The van der Waals surface area contributed by atoms with E-state index in [4.69, 9.17) is 10.5 Å². The summed E-state index contributed by atoms with van der Waals surface area (Å²) in [6.45, 7) is 2.03. The molecular formula is C21H18N4O. The van der Waals surface area contributed by atoms with E-state index in [0.29, 0.717) is 17.9 Å². The summed E-state index contributed by atoms with van der Waals surface area (Å²) in [6.07, 6.45) is 0.674. The summed E-state index contributed by atoms with van der Waals surface area (Å²) >= 11 is 0. The van der Waals surface area contributed by atoms with Gasteiger partial charge in [-0.25, -0.2) is 0 Å². The number of fused-ring (bicyclic) bond motifs is 1. The molecule has 5 heteroatoms. The van der Waals surface area contributed by atoms with E-state index < -0.39 is 0 Å². The molecule has 1 aromatic heterocycles. The lowest BCUT2D eigenvalue weighted by atomic mass is 9.83. The predicted octanol–water partition coefficient (Wildman–Crippen LogP) is 3.53. The Morgan fingerprint density at radius 1 is 1.15 bits per heavy atom. The second kappa shape index (κ2) is 6.41. The molecule has 3 N–H and O–H groups in total. The summed E-state index contributed by atoms with van der Waals surface area (Å²) in [7, 11) is 0. The zero-order chi connectivity index (χ0) is 18.1. The summed E-state index contributed by atoms with van der Waals surface area (Å²) in [5.74, 6) is 0.267. The van der Waals surface area contributed by atoms with Crippen LogP contribution in [0, 0.1) is 18.3 Å². The van der Waals surface area contributed by atoms with E-state index in [1.54, 1.807) is 0 Å². The molecule has 5 nitrogen and oxygen atoms in total. The maximum atomic E-state index is 9.69. The molecule has 1 atom stereocenters. The van der Waals surface area contributed by atoms with Crippen LogP contribution in [0.2, 0.25) is 0 Å². The number of H-pyrrole nitrogens is 1. The Morgan fingerprint density at radius 2 is 1.88 bits per heavy atom. The van der Waals surface area contributed by atoms with Gasteiger partial charge in [0, 0.05) is 12.1 Å². The van der Waals surface area contributed by atoms with Gasteiger partial charge < -0.3 is 10.5 Å². The van der Waals surface area contributed by atoms with Gasteiger partial charge in [0.05, 0.1) is 11.5 Å². The van der Waals surface area contributed by atoms with E-state index in [2.05, 4.69) is 28.4 Å². The van der Waals surface area contributed by atoms with E-state index >= 15 is 0 Å². The molecule has 1 aliphatic heterocycles. The number of aromatic amines is 1. The number of aromatic nitrogens is 2. The van der Waals surface area contributed by atoms with Crippen LogP contribution in [-0.2, 0) is 6.42 Å². The van der Waals surface area contributed by atoms with Gasteiger partial charge in [0.25, 0.3) is 0 Å². The fraction of sp³-hybridized carbons (Fsp3) is 0.143. The van der Waals surface area contributed by atoms with Crippen molar-refractivity contribution < 1.29 is 4.74 Å². The highest BCUT2D eigenvalue weighted by Crippen LogP contribution is 2.43. The maximum absolute atomic E-state index is 9.69. The fourth-order valence-electron chi connectivity index (χ4n) is 3.34. The Bertz CT molecular complexity index is 1010. The number of nitriles is 1. The number of hydrogen-bond donors (Lipinski definition) is 2. The first kappa shape index (κ1) is 16.0. The average molecular weight is 342 g/mol. The second-order valence-electron chi connectivity index (χ2n) is 6.42. The Labute approximate surface area is 151 Å². The van der Waals surface area contributed by atoms with Crippen molar-refractivity contribution in [2.75, 3.05) is 0 Å². The Balaban J connectivity index is 1.84. The van der Waals surface area contributed by atoms with Crippen molar-refractivity contribution in [3.05, 3.63) is 94.0 Å². The van der Waals surface area contributed by atoms with Crippen LogP contribution in [0.4, 0.5) is 0 Å². The molecule has 2 aromatic carbocycles. The third-order valence-electron chi connectivity index (χ3n) is 4.65. The van der Waals surface area contributed by atoms with Crippen LogP contribution in [0.15, 0.2) is 66.1 Å². The number of ether oxygens (including phenoxy) is 1. The van der Waals surface area contributed by atoms with E-state index in [1.165, 1.54) is 0 Å². The number of benzene rings is 2. The molecule has 26 heavy (non-hydrogen) atoms. The van der Waals surface area contributed by atoms with Crippen LogP contribution in [0.5, 0.6) is 5.88 Å². The first-order chi connectivity index (χ1) is 12.7. The third-order valence-corrected chi connectivity index (χ3v) is 4.65. The van der Waals surface area contributed by atoms with Gasteiger partial charge >= 0.3 is 0 Å². The molecule has 0 saturated carbocycles. The zero-order valence-electron chi connectivity index (χ0n) is 14.4. The number of nitrogens with zero attached hydrogens (tertiary/aromatic N) is 2. The van der Waals surface area contributed by atoms with Crippen LogP contribution in [0.3, 0.4) is 0 Å². The zero-order valence-corrected chi connectivity index (χ0v) is 14.4. The third kappa shape index (κ3) is 2.72. The highest BCUT2D eigenvalue weighted by atomic mass is 16.5. The van der Waals surface area contributed by atoms with Gasteiger partial charge in [-0.05, 0) is 18.1 Å². The quantitative estimate of drug-likeness (QED) is 0.762. The van der Waals surface area contributed by atoms with Gasteiger partial charge in [0.15, 0.2) is 0 Å². The SMILES string of the molecule is Cc1ccc(C2C(C#N)=C(N)Oc3n[nH]c(Cc4ccccc4)c32)cc1. The second-order valence-corrected chi connectivity index (χ2v) is 6.42. The van der Waals surface area contributed by atoms with Crippen LogP contribution in [-0.4, -0.2) is 10.2 Å². The molecule has 0 aliphatic carbocycles. The smallest absolute Gasteiger partial charge is 0.244 e. The molecule has 0 bridgehead atoms. The van der Waals surface area contributed by atoms with Gasteiger partial charge in [0.2, 0.25) is 11.8 Å². The van der Waals surface area contributed by atoms with Gasteiger partial charge in [0.1, 0.15) is 11.6 Å². The van der Waals surface area contributed by atoms with Gasteiger partial charge in [-0.3, -0.25) is 5.10 Å². The summed E-state index contributed by atoms with van der Waals surface area (Å²) in [5, 5.41) is 17.1. The highest BCUT2D eigenvalue weighted by molar-refractivity contribution is 5.55. The van der Waals surface area contributed by atoms with Crippen molar-refractivity contribution >= 4 is 0 Å². The molecule has 2 heterocycles. The standard InChI is InChI=1S/C21H18N4O/c1-13-7-9-15(10-8-13)18-16(12-22)20(23)26-21-19(18)17(24-25-21)11-14-5-3-2-4-6-14/h2-10,18H,11,23H2,1H3,(H,24,25). The number of hydrogen-bond acceptors (Lipinski definition) is 4. The van der Waals surface area contributed by atoms with Crippen LogP contribution >= 0.6 is 0 Å². The molecule has 4 rings (SSSR count). The normalized spacial score (nSPS) is 15.9. The maximum Gasteiger partial charge on any atom is 0.244 e. The Kier molecular flexibility index (Phi) is 3.94. The average Bonchev–Trinajstić information content (AvgIpc) is 3.04. The number of rotatable bonds is 3. The minimum Gasteiger partial charge on any atom is -0.420 e. The van der Waals surface area contributed by atoms with Crippen LogP contribution in [0.25, 0.3) is 0 Å². The van der Waals surface area contributed by atoms with Crippen molar-refractivity contribution in [1.29, 1.82) is 5.26 Å². The lowest BCUT2D eigenvalue weighted by molar-refractivity contribution is 0.378. The molecule has 1 aliphatic rings. The Morgan fingerprint density at radius 3 is 2.58 bits per heavy atom.